The molecule has 0 aromatic heterocycles. The second-order valence-corrected chi connectivity index (χ2v) is 3.86. The third-order valence-corrected chi connectivity index (χ3v) is 2.31. The molecule has 0 heterocycles. The standard InChI is InChI=1S/C11H16FNO2/c1-11(7-14,8-15)13-6-9-3-2-4-10(12)5-9/h2-5,13-15H,6-8H2,1H3. The van der Waals surface area contributed by atoms with Gasteiger partial charge in [0.25, 0.3) is 0 Å². The van der Waals surface area contributed by atoms with Gasteiger partial charge in [-0.25, -0.2) is 4.39 Å². The topological polar surface area (TPSA) is 52.5 Å². The van der Waals surface area contributed by atoms with Crippen LogP contribution in [0.2, 0.25) is 0 Å². The quantitative estimate of drug-likeness (QED) is 0.673. The Morgan fingerprint density at radius 1 is 1.33 bits per heavy atom. The average Bonchev–Trinajstić information content (AvgIpc) is 2.26. The van der Waals surface area contributed by atoms with Gasteiger partial charge < -0.3 is 15.5 Å². The van der Waals surface area contributed by atoms with Crippen molar-refractivity contribution in [3.63, 3.8) is 0 Å². The van der Waals surface area contributed by atoms with Crippen molar-refractivity contribution in [2.45, 2.75) is 19.0 Å². The molecule has 0 fully saturated rings. The number of rotatable bonds is 5. The summed E-state index contributed by atoms with van der Waals surface area (Å²) in [5.41, 5.74) is 0.0508. The molecular weight excluding hydrogens is 197 g/mol. The molecule has 1 aromatic carbocycles. The summed E-state index contributed by atoms with van der Waals surface area (Å²) in [6.45, 7) is 1.78. The summed E-state index contributed by atoms with van der Waals surface area (Å²) in [6.07, 6.45) is 0. The maximum Gasteiger partial charge on any atom is 0.123 e. The zero-order chi connectivity index (χ0) is 11.3. The highest BCUT2D eigenvalue weighted by Crippen LogP contribution is 2.06. The smallest absolute Gasteiger partial charge is 0.123 e. The van der Waals surface area contributed by atoms with Crippen LogP contribution in [0.15, 0.2) is 24.3 Å². The molecule has 4 heteroatoms. The Hall–Kier alpha value is -0.970. The van der Waals surface area contributed by atoms with Crippen molar-refractivity contribution < 1.29 is 14.6 Å². The molecule has 0 aliphatic carbocycles. The average molecular weight is 213 g/mol. The Labute approximate surface area is 88.6 Å². The van der Waals surface area contributed by atoms with E-state index in [0.29, 0.717) is 6.54 Å². The molecule has 0 amide bonds. The van der Waals surface area contributed by atoms with Gasteiger partial charge in [0.1, 0.15) is 5.82 Å². The number of aliphatic hydroxyl groups is 2. The molecule has 0 aliphatic heterocycles. The Bertz CT molecular complexity index is 313. The molecule has 3 N–H and O–H groups in total. The van der Waals surface area contributed by atoms with Crippen molar-refractivity contribution in [2.75, 3.05) is 13.2 Å². The van der Waals surface area contributed by atoms with Gasteiger partial charge in [-0.2, -0.15) is 0 Å². The lowest BCUT2D eigenvalue weighted by Crippen LogP contribution is -2.48. The van der Waals surface area contributed by atoms with Crippen molar-refractivity contribution in [1.29, 1.82) is 0 Å². The van der Waals surface area contributed by atoms with E-state index >= 15 is 0 Å². The van der Waals surface area contributed by atoms with Crippen molar-refractivity contribution >= 4 is 0 Å². The van der Waals surface area contributed by atoms with E-state index in [1.165, 1.54) is 12.1 Å². The molecule has 0 saturated carbocycles. The van der Waals surface area contributed by atoms with Crippen LogP contribution in [0.25, 0.3) is 0 Å². The second kappa shape index (κ2) is 5.21. The van der Waals surface area contributed by atoms with E-state index in [1.54, 1.807) is 19.1 Å². The summed E-state index contributed by atoms with van der Waals surface area (Å²) < 4.78 is 12.8. The van der Waals surface area contributed by atoms with Crippen LogP contribution < -0.4 is 5.32 Å². The van der Waals surface area contributed by atoms with E-state index in [0.717, 1.165) is 5.56 Å². The Morgan fingerprint density at radius 3 is 2.53 bits per heavy atom. The minimum Gasteiger partial charge on any atom is -0.394 e. The Kier molecular flexibility index (Phi) is 4.20. The summed E-state index contributed by atoms with van der Waals surface area (Å²) in [5, 5.41) is 21.0. The molecule has 0 unspecified atom stereocenters. The van der Waals surface area contributed by atoms with Crippen LogP contribution in [-0.4, -0.2) is 29.0 Å². The molecule has 0 aliphatic rings. The van der Waals surface area contributed by atoms with Crippen LogP contribution in [0.4, 0.5) is 4.39 Å². The fraction of sp³-hybridized carbons (Fsp3) is 0.455. The number of hydrogen-bond donors (Lipinski definition) is 3. The fourth-order valence-electron chi connectivity index (χ4n) is 1.12. The molecule has 1 aromatic rings. The predicted molar refractivity (Wildman–Crippen MR) is 55.8 cm³/mol. The van der Waals surface area contributed by atoms with Crippen LogP contribution in [0, 0.1) is 5.82 Å². The molecule has 0 radical (unpaired) electrons. The van der Waals surface area contributed by atoms with Gasteiger partial charge >= 0.3 is 0 Å². The second-order valence-electron chi connectivity index (χ2n) is 3.86. The SMILES string of the molecule is CC(CO)(CO)NCc1cccc(F)c1. The van der Waals surface area contributed by atoms with Gasteiger partial charge in [0.2, 0.25) is 0 Å². The van der Waals surface area contributed by atoms with Crippen LogP contribution in [0.1, 0.15) is 12.5 Å². The summed E-state index contributed by atoms with van der Waals surface area (Å²) in [5.74, 6) is -0.288. The summed E-state index contributed by atoms with van der Waals surface area (Å²) in [4.78, 5) is 0. The van der Waals surface area contributed by atoms with Gasteiger partial charge in [-0.3, -0.25) is 0 Å². The Morgan fingerprint density at radius 2 is 2.00 bits per heavy atom. The molecule has 0 bridgehead atoms. The number of aliphatic hydroxyl groups excluding tert-OH is 2. The minimum absolute atomic E-state index is 0.168. The third kappa shape index (κ3) is 3.58. The van der Waals surface area contributed by atoms with Crippen molar-refractivity contribution in [3.05, 3.63) is 35.6 Å². The van der Waals surface area contributed by atoms with Crippen LogP contribution in [-0.2, 0) is 6.54 Å². The van der Waals surface area contributed by atoms with E-state index in [9.17, 15) is 4.39 Å². The number of nitrogens with one attached hydrogen (secondary N) is 1. The number of hydrogen-bond acceptors (Lipinski definition) is 3. The lowest BCUT2D eigenvalue weighted by atomic mass is 10.0. The summed E-state index contributed by atoms with van der Waals surface area (Å²) in [6, 6.07) is 6.20. The molecule has 15 heavy (non-hydrogen) atoms. The largest absolute Gasteiger partial charge is 0.394 e. The van der Waals surface area contributed by atoms with Crippen LogP contribution >= 0.6 is 0 Å². The molecule has 0 spiro atoms. The van der Waals surface area contributed by atoms with E-state index in [-0.39, 0.29) is 19.0 Å². The zero-order valence-electron chi connectivity index (χ0n) is 8.70. The molecular formula is C11H16FNO2. The molecule has 1 rings (SSSR count). The van der Waals surface area contributed by atoms with E-state index in [4.69, 9.17) is 10.2 Å². The highest BCUT2D eigenvalue weighted by Gasteiger charge is 2.20. The molecule has 0 atom stereocenters. The monoisotopic (exact) mass is 213 g/mol. The first-order chi connectivity index (χ1) is 7.09. The maximum atomic E-state index is 12.8. The summed E-state index contributed by atoms with van der Waals surface area (Å²) >= 11 is 0. The van der Waals surface area contributed by atoms with Crippen LogP contribution in [0.3, 0.4) is 0 Å². The summed E-state index contributed by atoms with van der Waals surface area (Å²) in [7, 11) is 0. The van der Waals surface area contributed by atoms with E-state index < -0.39 is 5.54 Å². The normalized spacial score (nSPS) is 11.7. The molecule has 0 saturated heterocycles. The van der Waals surface area contributed by atoms with Crippen molar-refractivity contribution in [2.24, 2.45) is 0 Å². The van der Waals surface area contributed by atoms with Crippen LogP contribution in [0.5, 0.6) is 0 Å². The van der Waals surface area contributed by atoms with Gasteiger partial charge in [-0.1, -0.05) is 12.1 Å². The molecule has 84 valence electrons. The zero-order valence-corrected chi connectivity index (χ0v) is 8.70. The first-order valence-electron chi connectivity index (χ1n) is 4.81. The fourth-order valence-corrected chi connectivity index (χ4v) is 1.12. The predicted octanol–water partition coefficient (Wildman–Crippen LogP) is 0.659. The van der Waals surface area contributed by atoms with Crippen molar-refractivity contribution in [3.8, 4) is 0 Å². The van der Waals surface area contributed by atoms with Gasteiger partial charge in [-0.15, -0.1) is 0 Å². The van der Waals surface area contributed by atoms with Gasteiger partial charge in [-0.05, 0) is 24.6 Å². The van der Waals surface area contributed by atoms with Gasteiger partial charge in [0.15, 0.2) is 0 Å². The minimum atomic E-state index is -0.730. The first kappa shape index (κ1) is 12.1. The van der Waals surface area contributed by atoms with Crippen molar-refractivity contribution in [1.82, 2.24) is 5.32 Å². The lowest BCUT2D eigenvalue weighted by Gasteiger charge is -2.26. The maximum absolute atomic E-state index is 12.8. The lowest BCUT2D eigenvalue weighted by molar-refractivity contribution is 0.103. The highest BCUT2D eigenvalue weighted by atomic mass is 19.1. The first-order valence-corrected chi connectivity index (χ1v) is 4.81. The van der Waals surface area contributed by atoms with Gasteiger partial charge in [0, 0.05) is 6.54 Å². The number of benzene rings is 1. The van der Waals surface area contributed by atoms with E-state index in [1.807, 2.05) is 0 Å². The highest BCUT2D eigenvalue weighted by molar-refractivity contribution is 5.16. The van der Waals surface area contributed by atoms with Gasteiger partial charge in [0.05, 0.1) is 18.8 Å². The third-order valence-electron chi connectivity index (χ3n) is 2.31. The number of halogens is 1. The Balaban J connectivity index is 2.56. The molecule has 3 nitrogen and oxygen atoms in total. The van der Waals surface area contributed by atoms with E-state index in [2.05, 4.69) is 5.32 Å².